The van der Waals surface area contributed by atoms with Crippen LogP contribution in [0, 0.1) is 0 Å². The van der Waals surface area contributed by atoms with Crippen LogP contribution in [-0.2, 0) is 12.0 Å². The number of fused-ring (bicyclic) bond motifs is 3. The first-order valence-corrected chi connectivity index (χ1v) is 13.3. The monoisotopic (exact) mass is 505 g/mol. The fourth-order valence-corrected chi connectivity index (χ4v) is 5.96. The molecule has 3 heteroatoms. The molecule has 190 valence electrons. The molecule has 6 rings (SSSR count). The van der Waals surface area contributed by atoms with Gasteiger partial charge in [0.1, 0.15) is 5.84 Å². The second kappa shape index (κ2) is 10.1. The van der Waals surface area contributed by atoms with Crippen LogP contribution in [0.2, 0.25) is 0 Å². The highest BCUT2D eigenvalue weighted by Crippen LogP contribution is 2.55. The van der Waals surface area contributed by atoms with E-state index in [1.165, 1.54) is 33.4 Å². The molecular formula is C36H31N3. The average molecular weight is 506 g/mol. The molecule has 5 aromatic rings. The molecule has 0 radical (unpaired) electrons. The zero-order chi connectivity index (χ0) is 26.8. The Morgan fingerprint density at radius 3 is 1.92 bits per heavy atom. The molecule has 0 amide bonds. The summed E-state index contributed by atoms with van der Waals surface area (Å²) in [6, 6.07) is 42.9. The minimum Gasteiger partial charge on any atom is -0.398 e. The topological polar surface area (TPSA) is 64.4 Å². The summed E-state index contributed by atoms with van der Waals surface area (Å²) in [6.07, 6.45) is 3.99. The molecular weight excluding hydrogens is 474 g/mol. The molecule has 0 spiro atoms. The van der Waals surface area contributed by atoms with Crippen LogP contribution < -0.4 is 11.5 Å². The number of nitrogens with zero attached hydrogens (tertiary/aromatic N) is 1. The van der Waals surface area contributed by atoms with Gasteiger partial charge >= 0.3 is 0 Å². The van der Waals surface area contributed by atoms with Gasteiger partial charge in [-0.15, -0.1) is 0 Å². The number of hydrogen-bond acceptors (Lipinski definition) is 2. The summed E-state index contributed by atoms with van der Waals surface area (Å²) in [5, 5.41) is 0. The Labute approximate surface area is 230 Å². The van der Waals surface area contributed by atoms with Crippen LogP contribution in [-0.4, -0.2) is 5.84 Å². The Balaban J connectivity index is 1.42. The van der Waals surface area contributed by atoms with E-state index in [-0.39, 0.29) is 0 Å². The molecule has 1 aliphatic carbocycles. The number of nitrogen functional groups attached to an aromatic ring is 1. The van der Waals surface area contributed by atoms with Crippen molar-refractivity contribution in [3.05, 3.63) is 166 Å². The zero-order valence-electron chi connectivity index (χ0n) is 22.0. The fraction of sp³-hybridized carbons (Fsp3) is 0.0833. The van der Waals surface area contributed by atoms with Gasteiger partial charge in [0.15, 0.2) is 0 Å². The van der Waals surface area contributed by atoms with Gasteiger partial charge < -0.3 is 11.5 Å². The van der Waals surface area contributed by atoms with Gasteiger partial charge in [-0.1, -0.05) is 133 Å². The highest BCUT2D eigenvalue weighted by atomic mass is 14.9. The standard InChI is InChI=1S/C36H31N3/c1-2-11-25-12-10-13-27(34(25)37)24-39-35(38)26-20-22-29(23-21-26)36(28-14-4-3-5-15-28)32-18-8-6-16-30(32)31-17-7-9-19-33(31)36/h2-23H,24,37H2,1H3,(H2,38,39)/b11-2-. The van der Waals surface area contributed by atoms with Gasteiger partial charge in [0.05, 0.1) is 12.0 Å². The minimum absolute atomic E-state index is 0.416. The quantitative estimate of drug-likeness (QED) is 0.139. The molecule has 0 atom stereocenters. The molecule has 0 saturated carbocycles. The van der Waals surface area contributed by atoms with Crippen molar-refractivity contribution in [1.29, 1.82) is 0 Å². The largest absolute Gasteiger partial charge is 0.398 e. The molecule has 4 N–H and O–H groups in total. The van der Waals surface area contributed by atoms with Crippen LogP contribution in [0.1, 0.15) is 45.9 Å². The number of allylic oxidation sites excluding steroid dienone is 1. The highest BCUT2D eigenvalue weighted by molar-refractivity contribution is 5.97. The normalized spacial score (nSPS) is 13.8. The SMILES string of the molecule is C/C=C\c1cccc(CN=C(N)c2ccc(C3(c4ccccc4)c4ccccc4-c4ccccc43)cc2)c1N. The van der Waals surface area contributed by atoms with E-state index < -0.39 is 5.41 Å². The molecule has 0 unspecified atom stereocenters. The van der Waals surface area contributed by atoms with E-state index in [1.54, 1.807) is 0 Å². The third kappa shape index (κ3) is 4.04. The van der Waals surface area contributed by atoms with Crippen LogP contribution in [0.25, 0.3) is 17.2 Å². The lowest BCUT2D eigenvalue weighted by molar-refractivity contribution is 0.768. The maximum absolute atomic E-state index is 6.49. The van der Waals surface area contributed by atoms with Crippen LogP contribution in [0.5, 0.6) is 0 Å². The lowest BCUT2D eigenvalue weighted by Gasteiger charge is -2.34. The van der Waals surface area contributed by atoms with E-state index in [2.05, 4.69) is 103 Å². The predicted octanol–water partition coefficient (Wildman–Crippen LogP) is 7.57. The van der Waals surface area contributed by atoms with Gasteiger partial charge in [-0.05, 0) is 51.4 Å². The molecule has 0 saturated heterocycles. The maximum Gasteiger partial charge on any atom is 0.125 e. The van der Waals surface area contributed by atoms with Gasteiger partial charge in [-0.2, -0.15) is 0 Å². The van der Waals surface area contributed by atoms with Crippen LogP contribution in [0.3, 0.4) is 0 Å². The average Bonchev–Trinajstić information content (AvgIpc) is 3.29. The summed E-state index contributed by atoms with van der Waals surface area (Å²) >= 11 is 0. The number of anilines is 1. The van der Waals surface area contributed by atoms with Crippen molar-refractivity contribution in [2.75, 3.05) is 5.73 Å². The number of benzene rings is 5. The van der Waals surface area contributed by atoms with E-state index in [1.807, 2.05) is 37.3 Å². The summed E-state index contributed by atoms with van der Waals surface area (Å²) in [5.41, 5.74) is 23.6. The van der Waals surface area contributed by atoms with Crippen molar-refractivity contribution in [3.8, 4) is 11.1 Å². The molecule has 0 bridgehead atoms. The number of nitrogens with two attached hydrogens (primary N) is 2. The molecule has 0 heterocycles. The van der Waals surface area contributed by atoms with Crippen molar-refractivity contribution in [3.63, 3.8) is 0 Å². The van der Waals surface area contributed by atoms with Crippen LogP contribution in [0.15, 0.2) is 132 Å². The van der Waals surface area contributed by atoms with Crippen LogP contribution in [0.4, 0.5) is 5.69 Å². The van der Waals surface area contributed by atoms with Gasteiger partial charge in [0.25, 0.3) is 0 Å². The fourth-order valence-electron chi connectivity index (χ4n) is 5.96. The number of rotatable bonds is 6. The summed E-state index contributed by atoms with van der Waals surface area (Å²) in [6.45, 7) is 2.41. The highest BCUT2D eigenvalue weighted by Gasteiger charge is 2.45. The first-order valence-electron chi connectivity index (χ1n) is 13.3. The maximum atomic E-state index is 6.49. The Bertz CT molecular complexity index is 1650. The van der Waals surface area contributed by atoms with Gasteiger partial charge in [-0.3, -0.25) is 4.99 Å². The van der Waals surface area contributed by atoms with Gasteiger partial charge in [0.2, 0.25) is 0 Å². The van der Waals surface area contributed by atoms with Crippen molar-refractivity contribution >= 4 is 17.6 Å². The van der Waals surface area contributed by atoms with E-state index in [9.17, 15) is 0 Å². The minimum atomic E-state index is -0.416. The number of hydrogen-bond donors (Lipinski definition) is 2. The summed E-state index contributed by atoms with van der Waals surface area (Å²) in [4.78, 5) is 4.69. The van der Waals surface area contributed by atoms with Crippen molar-refractivity contribution in [2.24, 2.45) is 10.7 Å². The number of amidine groups is 1. The number of para-hydroxylation sites is 1. The third-order valence-corrected chi connectivity index (χ3v) is 7.77. The Hall–Kier alpha value is -4.89. The molecule has 0 aromatic heterocycles. The van der Waals surface area contributed by atoms with E-state index in [0.29, 0.717) is 12.4 Å². The Kier molecular flexibility index (Phi) is 6.34. The van der Waals surface area contributed by atoms with Gasteiger partial charge in [-0.25, -0.2) is 0 Å². The lowest BCUT2D eigenvalue weighted by Crippen LogP contribution is -2.28. The molecule has 39 heavy (non-hydrogen) atoms. The Morgan fingerprint density at radius 2 is 1.28 bits per heavy atom. The first-order chi connectivity index (χ1) is 19.1. The second-order valence-electron chi connectivity index (χ2n) is 9.91. The van der Waals surface area contributed by atoms with Crippen LogP contribution >= 0.6 is 0 Å². The molecule has 5 aromatic carbocycles. The van der Waals surface area contributed by atoms with Crippen molar-refractivity contribution in [2.45, 2.75) is 18.9 Å². The summed E-state index contributed by atoms with van der Waals surface area (Å²) < 4.78 is 0. The molecule has 0 fully saturated rings. The summed E-state index contributed by atoms with van der Waals surface area (Å²) in [5.74, 6) is 0.498. The zero-order valence-corrected chi connectivity index (χ0v) is 22.0. The number of aliphatic imine (C=N–C) groups is 1. The summed E-state index contributed by atoms with van der Waals surface area (Å²) in [7, 11) is 0. The van der Waals surface area contributed by atoms with Crippen molar-refractivity contribution < 1.29 is 0 Å². The molecule has 1 aliphatic rings. The lowest BCUT2D eigenvalue weighted by atomic mass is 9.67. The van der Waals surface area contributed by atoms with E-state index in [0.717, 1.165) is 22.4 Å². The molecule has 3 nitrogen and oxygen atoms in total. The van der Waals surface area contributed by atoms with E-state index >= 15 is 0 Å². The third-order valence-electron chi connectivity index (χ3n) is 7.77. The Morgan fingerprint density at radius 1 is 0.692 bits per heavy atom. The predicted molar refractivity (Wildman–Crippen MR) is 164 cm³/mol. The smallest absolute Gasteiger partial charge is 0.125 e. The van der Waals surface area contributed by atoms with Gasteiger partial charge in [0, 0.05) is 11.3 Å². The van der Waals surface area contributed by atoms with Crippen molar-refractivity contribution in [1.82, 2.24) is 0 Å². The van der Waals surface area contributed by atoms with E-state index in [4.69, 9.17) is 16.5 Å². The second-order valence-corrected chi connectivity index (χ2v) is 9.91. The molecule has 0 aliphatic heterocycles. The first kappa shape index (κ1) is 24.4.